The number of aryl methyl sites for hydroxylation is 2. The summed E-state index contributed by atoms with van der Waals surface area (Å²) in [5, 5.41) is 0. The van der Waals surface area contributed by atoms with Gasteiger partial charge in [-0.2, -0.15) is 0 Å². The Morgan fingerprint density at radius 1 is 1.14 bits per heavy atom. The van der Waals surface area contributed by atoms with Gasteiger partial charge in [-0.15, -0.1) is 0 Å². The summed E-state index contributed by atoms with van der Waals surface area (Å²) in [6.07, 6.45) is 0. The van der Waals surface area contributed by atoms with Gasteiger partial charge >= 0.3 is 0 Å². The minimum atomic E-state index is 0.590. The van der Waals surface area contributed by atoms with E-state index in [1.54, 1.807) is 0 Å². The number of nitrogens with zero attached hydrogens (tertiary/aromatic N) is 1. The standard InChI is InChI=1S/C18H21NO2/c1-4-20-16-8-9-17-15(10-16)11-19(12-21-17)18-13(2)6-5-7-14(18)3/h5-10H,4,11-12H2,1-3H3. The van der Waals surface area contributed by atoms with Crippen LogP contribution in [0.2, 0.25) is 0 Å². The Bertz CT molecular complexity index is 631. The second-order valence-electron chi connectivity index (χ2n) is 5.41. The molecule has 0 saturated heterocycles. The lowest BCUT2D eigenvalue weighted by Crippen LogP contribution is -2.32. The van der Waals surface area contributed by atoms with E-state index in [1.807, 2.05) is 19.1 Å². The Hall–Kier alpha value is -2.16. The molecule has 0 N–H and O–H groups in total. The zero-order valence-electron chi connectivity index (χ0n) is 12.8. The van der Waals surface area contributed by atoms with Crippen LogP contribution < -0.4 is 14.4 Å². The van der Waals surface area contributed by atoms with Gasteiger partial charge in [0.05, 0.1) is 6.61 Å². The third-order valence-corrected chi connectivity index (χ3v) is 3.84. The zero-order valence-corrected chi connectivity index (χ0v) is 12.8. The monoisotopic (exact) mass is 283 g/mol. The molecule has 110 valence electrons. The third-order valence-electron chi connectivity index (χ3n) is 3.84. The molecule has 1 aliphatic heterocycles. The molecule has 1 heterocycles. The molecule has 0 saturated carbocycles. The summed E-state index contributed by atoms with van der Waals surface area (Å²) < 4.78 is 11.5. The lowest BCUT2D eigenvalue weighted by molar-refractivity contribution is 0.286. The first kappa shape index (κ1) is 13.8. The van der Waals surface area contributed by atoms with Gasteiger partial charge < -0.3 is 14.4 Å². The Morgan fingerprint density at radius 3 is 2.62 bits per heavy atom. The highest BCUT2D eigenvalue weighted by Gasteiger charge is 2.20. The van der Waals surface area contributed by atoms with Crippen LogP contribution in [0, 0.1) is 13.8 Å². The van der Waals surface area contributed by atoms with Gasteiger partial charge in [-0.05, 0) is 50.1 Å². The molecule has 0 unspecified atom stereocenters. The number of rotatable bonds is 3. The van der Waals surface area contributed by atoms with Crippen molar-refractivity contribution in [2.24, 2.45) is 0 Å². The van der Waals surface area contributed by atoms with E-state index in [2.05, 4.69) is 43.0 Å². The molecular weight excluding hydrogens is 262 g/mol. The molecule has 0 fully saturated rings. The molecule has 21 heavy (non-hydrogen) atoms. The van der Waals surface area contributed by atoms with Crippen molar-refractivity contribution in [2.75, 3.05) is 18.2 Å². The van der Waals surface area contributed by atoms with Gasteiger partial charge in [0.2, 0.25) is 0 Å². The molecule has 2 aromatic carbocycles. The lowest BCUT2D eigenvalue weighted by Gasteiger charge is -2.33. The lowest BCUT2D eigenvalue weighted by atomic mass is 10.1. The van der Waals surface area contributed by atoms with Crippen LogP contribution in [0.15, 0.2) is 36.4 Å². The maximum absolute atomic E-state index is 5.90. The topological polar surface area (TPSA) is 21.7 Å². The molecule has 3 rings (SSSR count). The number of fused-ring (bicyclic) bond motifs is 1. The number of benzene rings is 2. The molecule has 1 aliphatic rings. The minimum absolute atomic E-state index is 0.590. The highest BCUT2D eigenvalue weighted by Crippen LogP contribution is 2.33. The molecule has 3 nitrogen and oxygen atoms in total. The van der Waals surface area contributed by atoms with Crippen molar-refractivity contribution in [3.05, 3.63) is 53.1 Å². The maximum Gasteiger partial charge on any atom is 0.161 e. The van der Waals surface area contributed by atoms with Crippen molar-refractivity contribution in [2.45, 2.75) is 27.3 Å². The SMILES string of the molecule is CCOc1ccc2c(c1)CN(c1c(C)cccc1C)CO2. The van der Waals surface area contributed by atoms with Gasteiger partial charge in [0.1, 0.15) is 11.5 Å². The Kier molecular flexibility index (Phi) is 3.74. The van der Waals surface area contributed by atoms with Crippen LogP contribution in [0.1, 0.15) is 23.6 Å². The predicted molar refractivity (Wildman–Crippen MR) is 85.2 cm³/mol. The quantitative estimate of drug-likeness (QED) is 0.848. The van der Waals surface area contributed by atoms with Crippen LogP contribution >= 0.6 is 0 Å². The average molecular weight is 283 g/mol. The van der Waals surface area contributed by atoms with Gasteiger partial charge in [0.15, 0.2) is 6.73 Å². The normalized spacial score (nSPS) is 13.6. The molecule has 0 amide bonds. The smallest absolute Gasteiger partial charge is 0.161 e. The highest BCUT2D eigenvalue weighted by atomic mass is 16.5. The summed E-state index contributed by atoms with van der Waals surface area (Å²) in [7, 11) is 0. The molecule has 0 radical (unpaired) electrons. The Balaban J connectivity index is 1.91. The minimum Gasteiger partial charge on any atom is -0.494 e. The first-order valence-corrected chi connectivity index (χ1v) is 7.38. The van der Waals surface area contributed by atoms with Crippen molar-refractivity contribution in [3.63, 3.8) is 0 Å². The van der Waals surface area contributed by atoms with Crippen molar-refractivity contribution in [1.82, 2.24) is 0 Å². The van der Waals surface area contributed by atoms with E-state index in [4.69, 9.17) is 9.47 Å². The summed E-state index contributed by atoms with van der Waals surface area (Å²) in [6, 6.07) is 12.4. The fraction of sp³-hybridized carbons (Fsp3) is 0.333. The van der Waals surface area contributed by atoms with E-state index < -0.39 is 0 Å². The molecule has 2 aromatic rings. The fourth-order valence-corrected chi connectivity index (χ4v) is 2.92. The van der Waals surface area contributed by atoms with Gasteiger partial charge in [0.25, 0.3) is 0 Å². The predicted octanol–water partition coefficient (Wildman–Crippen LogP) is 4.06. The van der Waals surface area contributed by atoms with Gasteiger partial charge in [0, 0.05) is 17.8 Å². The summed E-state index contributed by atoms with van der Waals surface area (Å²) in [6.45, 7) is 8.41. The third kappa shape index (κ3) is 2.68. The van der Waals surface area contributed by atoms with Crippen LogP contribution in [0.25, 0.3) is 0 Å². The van der Waals surface area contributed by atoms with Crippen LogP contribution in [-0.2, 0) is 6.54 Å². The number of ether oxygens (including phenoxy) is 2. The van der Waals surface area contributed by atoms with Crippen LogP contribution in [0.3, 0.4) is 0 Å². The second kappa shape index (κ2) is 5.68. The van der Waals surface area contributed by atoms with Gasteiger partial charge in [-0.3, -0.25) is 0 Å². The van der Waals surface area contributed by atoms with Gasteiger partial charge in [-0.1, -0.05) is 18.2 Å². The van der Waals surface area contributed by atoms with Crippen molar-refractivity contribution >= 4 is 5.69 Å². The zero-order chi connectivity index (χ0) is 14.8. The first-order valence-electron chi connectivity index (χ1n) is 7.38. The molecule has 0 bridgehead atoms. The number of anilines is 1. The molecule has 0 spiro atoms. The second-order valence-corrected chi connectivity index (χ2v) is 5.41. The van der Waals surface area contributed by atoms with E-state index in [9.17, 15) is 0 Å². The van der Waals surface area contributed by atoms with Crippen LogP contribution in [0.5, 0.6) is 11.5 Å². The largest absolute Gasteiger partial charge is 0.494 e. The van der Waals surface area contributed by atoms with E-state index in [0.717, 1.165) is 18.0 Å². The van der Waals surface area contributed by atoms with Crippen LogP contribution in [0.4, 0.5) is 5.69 Å². The summed E-state index contributed by atoms with van der Waals surface area (Å²) in [5.74, 6) is 1.86. The van der Waals surface area contributed by atoms with Gasteiger partial charge in [-0.25, -0.2) is 0 Å². The summed E-state index contributed by atoms with van der Waals surface area (Å²) in [5.41, 5.74) is 5.01. The summed E-state index contributed by atoms with van der Waals surface area (Å²) in [4.78, 5) is 2.28. The molecular formula is C18H21NO2. The van der Waals surface area contributed by atoms with Crippen LogP contribution in [-0.4, -0.2) is 13.3 Å². The van der Waals surface area contributed by atoms with Crippen molar-refractivity contribution in [3.8, 4) is 11.5 Å². The first-order chi connectivity index (χ1) is 10.2. The number of hydrogen-bond donors (Lipinski definition) is 0. The average Bonchev–Trinajstić information content (AvgIpc) is 2.47. The molecule has 0 aliphatic carbocycles. The molecule has 3 heteroatoms. The van der Waals surface area contributed by atoms with E-state index in [0.29, 0.717) is 13.3 Å². The van der Waals surface area contributed by atoms with Crippen molar-refractivity contribution < 1.29 is 9.47 Å². The number of para-hydroxylation sites is 1. The maximum atomic E-state index is 5.90. The Labute approximate surface area is 126 Å². The Morgan fingerprint density at radius 2 is 1.90 bits per heavy atom. The van der Waals surface area contributed by atoms with E-state index >= 15 is 0 Å². The highest BCUT2D eigenvalue weighted by molar-refractivity contribution is 5.60. The molecule has 0 atom stereocenters. The fourth-order valence-electron chi connectivity index (χ4n) is 2.92. The number of hydrogen-bond acceptors (Lipinski definition) is 3. The summed E-state index contributed by atoms with van der Waals surface area (Å²) >= 11 is 0. The molecule has 0 aromatic heterocycles. The van der Waals surface area contributed by atoms with Crippen molar-refractivity contribution in [1.29, 1.82) is 0 Å². The van der Waals surface area contributed by atoms with E-state index in [-0.39, 0.29) is 0 Å². The van der Waals surface area contributed by atoms with E-state index in [1.165, 1.54) is 22.4 Å².